The molecule has 0 unspecified atom stereocenters. The molecule has 0 aliphatic rings. The summed E-state index contributed by atoms with van der Waals surface area (Å²) in [5.74, 6) is 0. The number of nitrogens with zero attached hydrogens (tertiary/aromatic N) is 4. The van der Waals surface area contributed by atoms with Crippen molar-refractivity contribution >= 4 is 32.5 Å². The molecule has 0 amide bonds. The predicted molar refractivity (Wildman–Crippen MR) is 102 cm³/mol. The molecule has 27 heavy (non-hydrogen) atoms. The summed E-state index contributed by atoms with van der Waals surface area (Å²) in [5, 5.41) is 5.32. The van der Waals surface area contributed by atoms with Crippen LogP contribution in [0.1, 0.15) is 12.1 Å². The van der Waals surface area contributed by atoms with E-state index < -0.39 is 0 Å². The van der Waals surface area contributed by atoms with Gasteiger partial charge in [0.05, 0.1) is 10.2 Å². The number of rotatable bonds is 5. The number of fused-ring (bicyclic) bond motifs is 2. The van der Waals surface area contributed by atoms with Crippen LogP contribution in [-0.4, -0.2) is 27.9 Å². The van der Waals surface area contributed by atoms with Crippen molar-refractivity contribution in [2.24, 2.45) is 0 Å². The summed E-state index contributed by atoms with van der Waals surface area (Å²) in [5.41, 5.74) is 1.43. The Morgan fingerprint density at radius 2 is 2.04 bits per heavy atom. The maximum absolute atomic E-state index is 12.9. The van der Waals surface area contributed by atoms with Gasteiger partial charge in [-0.25, -0.2) is 4.98 Å². The van der Waals surface area contributed by atoms with Crippen molar-refractivity contribution in [2.75, 3.05) is 13.7 Å². The molecular weight excluding hydrogens is 375 g/mol. The summed E-state index contributed by atoms with van der Waals surface area (Å²) in [6.07, 6.45) is 0.697. The minimum atomic E-state index is -0.253. The third-order valence-electron chi connectivity index (χ3n) is 4.36. The third-order valence-corrected chi connectivity index (χ3v) is 5.37. The van der Waals surface area contributed by atoms with Crippen LogP contribution >= 0.6 is 11.3 Å². The van der Waals surface area contributed by atoms with E-state index >= 15 is 0 Å². The van der Waals surface area contributed by atoms with E-state index in [0.717, 1.165) is 10.2 Å². The van der Waals surface area contributed by atoms with E-state index in [1.807, 2.05) is 24.3 Å². The molecule has 4 rings (SSSR count). The van der Waals surface area contributed by atoms with Gasteiger partial charge in [-0.3, -0.25) is 9.59 Å². The van der Waals surface area contributed by atoms with Gasteiger partial charge in [0.2, 0.25) is 11.1 Å². The molecule has 7 nitrogen and oxygen atoms in total. The molecule has 0 fully saturated rings. The van der Waals surface area contributed by atoms with Crippen molar-refractivity contribution in [3.05, 3.63) is 56.7 Å². The van der Waals surface area contributed by atoms with Gasteiger partial charge in [-0.05, 0) is 31.5 Å². The minimum absolute atomic E-state index is 0. The summed E-state index contributed by atoms with van der Waals surface area (Å²) in [4.78, 5) is 29.8. The van der Waals surface area contributed by atoms with Crippen molar-refractivity contribution in [3.63, 3.8) is 0 Å². The molecule has 1 aromatic carbocycles. The third kappa shape index (κ3) is 3.55. The molecule has 4 aromatic rings. The van der Waals surface area contributed by atoms with Crippen LogP contribution in [0.5, 0.6) is 0 Å². The van der Waals surface area contributed by atoms with Gasteiger partial charge in [-0.15, -0.1) is 5.52 Å². The summed E-state index contributed by atoms with van der Waals surface area (Å²) in [6.45, 7) is 2.83. The minimum Gasteiger partial charge on any atom is -0.585 e. The molecule has 9 heteroatoms. The van der Waals surface area contributed by atoms with E-state index in [-0.39, 0.29) is 40.7 Å². The number of thiazole rings is 1. The summed E-state index contributed by atoms with van der Waals surface area (Å²) < 4.78 is 8.93. The Balaban J connectivity index is 0.00000210. The second-order valence-corrected chi connectivity index (χ2v) is 7.02. The molecule has 0 aliphatic heterocycles. The van der Waals surface area contributed by atoms with Gasteiger partial charge in [0.1, 0.15) is 0 Å². The largest absolute Gasteiger partial charge is 1.00 e. The number of hydrogen-bond donors (Lipinski definition) is 0. The predicted octanol–water partition coefficient (Wildman–Crippen LogP) is -0.932. The fourth-order valence-corrected chi connectivity index (χ4v) is 4.00. The average molecular weight is 392 g/mol. The monoisotopic (exact) mass is 392 g/mol. The summed E-state index contributed by atoms with van der Waals surface area (Å²) in [6, 6.07) is 9.10. The van der Waals surface area contributed by atoms with Gasteiger partial charge in [0.15, 0.2) is 5.13 Å². The average Bonchev–Trinajstić information content (AvgIpc) is 3.18. The Morgan fingerprint density at radius 3 is 2.78 bits per heavy atom. The van der Waals surface area contributed by atoms with E-state index in [4.69, 9.17) is 4.74 Å². The number of para-hydroxylation sites is 1. The zero-order chi connectivity index (χ0) is 18.3. The summed E-state index contributed by atoms with van der Waals surface area (Å²) in [7, 11) is 1.62. The SMILES string of the molecule is COCCCn1c(C)c2c(=O)n(-c3nc4ccccc4s3)[n-]c2cc1=O.[Na+]. The van der Waals surface area contributed by atoms with Crippen LogP contribution < -0.4 is 45.8 Å². The van der Waals surface area contributed by atoms with Crippen molar-refractivity contribution in [2.45, 2.75) is 19.9 Å². The molecule has 0 spiro atoms. The summed E-state index contributed by atoms with van der Waals surface area (Å²) >= 11 is 1.40. The van der Waals surface area contributed by atoms with Gasteiger partial charge in [-0.2, -0.15) is 0 Å². The van der Waals surface area contributed by atoms with E-state index in [1.165, 1.54) is 22.1 Å². The Hall–Kier alpha value is -1.71. The van der Waals surface area contributed by atoms with Crippen LogP contribution in [0.15, 0.2) is 39.9 Å². The maximum atomic E-state index is 12.9. The number of aryl methyl sites for hydroxylation is 1. The molecule has 134 valence electrons. The zero-order valence-corrected chi connectivity index (χ0v) is 18.2. The Morgan fingerprint density at radius 1 is 1.26 bits per heavy atom. The number of hydrogen-bond acceptors (Lipinski definition) is 5. The van der Waals surface area contributed by atoms with Gasteiger partial charge in [0.25, 0.3) is 0 Å². The molecular formula is C18H17N4NaO3S. The second kappa shape index (κ2) is 8.12. The van der Waals surface area contributed by atoms with Crippen LogP contribution in [0.25, 0.3) is 26.3 Å². The first-order valence-electron chi connectivity index (χ1n) is 8.25. The van der Waals surface area contributed by atoms with E-state index in [2.05, 4.69) is 10.1 Å². The molecule has 0 saturated heterocycles. The van der Waals surface area contributed by atoms with Crippen LogP contribution in [0.3, 0.4) is 0 Å². The first kappa shape index (κ1) is 20.0. The molecule has 3 heterocycles. The van der Waals surface area contributed by atoms with E-state index in [9.17, 15) is 9.59 Å². The Bertz CT molecular complexity index is 1190. The second-order valence-electron chi connectivity index (χ2n) is 6.01. The normalized spacial score (nSPS) is 11.2. The van der Waals surface area contributed by atoms with Gasteiger partial charge in [-0.1, -0.05) is 23.5 Å². The van der Waals surface area contributed by atoms with Crippen molar-refractivity contribution in [1.29, 1.82) is 0 Å². The first-order valence-corrected chi connectivity index (χ1v) is 9.07. The quantitative estimate of drug-likeness (QED) is 0.324. The number of methoxy groups -OCH3 is 1. The van der Waals surface area contributed by atoms with Gasteiger partial charge in [0, 0.05) is 31.3 Å². The fraction of sp³-hybridized carbons (Fsp3) is 0.278. The van der Waals surface area contributed by atoms with Gasteiger partial charge >= 0.3 is 29.6 Å². The number of benzene rings is 1. The van der Waals surface area contributed by atoms with E-state index in [0.29, 0.717) is 41.3 Å². The van der Waals surface area contributed by atoms with Crippen molar-refractivity contribution < 1.29 is 34.3 Å². The molecule has 0 radical (unpaired) electrons. The van der Waals surface area contributed by atoms with Crippen LogP contribution in [-0.2, 0) is 11.3 Å². The molecule has 0 atom stereocenters. The van der Waals surface area contributed by atoms with Crippen LogP contribution in [0, 0.1) is 6.92 Å². The van der Waals surface area contributed by atoms with Crippen molar-refractivity contribution in [3.8, 4) is 5.13 Å². The fourth-order valence-electron chi connectivity index (χ4n) is 3.08. The van der Waals surface area contributed by atoms with Gasteiger partial charge < -0.3 is 19.1 Å². The van der Waals surface area contributed by atoms with Crippen LogP contribution in [0.4, 0.5) is 0 Å². The molecule has 3 aromatic heterocycles. The molecule has 0 bridgehead atoms. The topological polar surface area (TPSA) is 80.2 Å². The maximum Gasteiger partial charge on any atom is 1.00 e. The molecule has 0 saturated carbocycles. The zero-order valence-electron chi connectivity index (χ0n) is 15.4. The number of ether oxygens (including phenoxy) is 1. The van der Waals surface area contributed by atoms with Crippen LogP contribution in [0.2, 0.25) is 0 Å². The Kier molecular flexibility index (Phi) is 6.02. The first-order chi connectivity index (χ1) is 12.6. The smallest absolute Gasteiger partial charge is 0.585 e. The van der Waals surface area contributed by atoms with E-state index in [1.54, 1.807) is 18.6 Å². The molecule has 0 aliphatic carbocycles. The standard InChI is InChI=1S/C18H18N4O3S.Na/c1-11-16-13(10-15(23)21(11)8-5-9-25-2)20-22(17(16)24)18-19-12-6-3-4-7-14(12)26-18;/h3-4,6-7,10H,5,8-9H2,1-2H3,(H,20,23);/q;+1/p-1. The Labute approximate surface area is 180 Å². The number of pyridine rings is 1. The van der Waals surface area contributed by atoms with Crippen molar-refractivity contribution in [1.82, 2.24) is 19.3 Å². The number of aromatic nitrogens is 4. The molecule has 0 N–H and O–H groups in total.